The first-order chi connectivity index (χ1) is 16.8. The van der Waals surface area contributed by atoms with Gasteiger partial charge in [0.1, 0.15) is 10.9 Å². The fraction of sp³-hybridized carbons (Fsp3) is 0.333. The molecule has 5 rings (SSSR count). The molecular weight excluding hydrogens is 478 g/mol. The molecule has 0 radical (unpaired) electrons. The van der Waals surface area contributed by atoms with Gasteiger partial charge in [-0.3, -0.25) is 24.2 Å². The van der Waals surface area contributed by atoms with Crippen molar-refractivity contribution in [2.24, 2.45) is 0 Å². The summed E-state index contributed by atoms with van der Waals surface area (Å²) in [5.41, 5.74) is 4.54. The van der Waals surface area contributed by atoms with Gasteiger partial charge in [-0.15, -0.1) is 0 Å². The maximum Gasteiger partial charge on any atom is 0.267 e. The van der Waals surface area contributed by atoms with Crippen LogP contribution in [0.1, 0.15) is 48.8 Å². The number of hydrogen-bond donors (Lipinski definition) is 1. The quantitative estimate of drug-likeness (QED) is 0.457. The average Bonchev–Trinajstić information content (AvgIpc) is 3.28. The zero-order valence-electron chi connectivity index (χ0n) is 19.8. The number of thioether (sulfide) groups is 1. The summed E-state index contributed by atoms with van der Waals surface area (Å²) in [6.07, 6.45) is 5.21. The lowest BCUT2D eigenvalue weighted by molar-refractivity contribution is -0.124. The van der Waals surface area contributed by atoms with Crippen molar-refractivity contribution in [1.82, 2.24) is 4.90 Å². The van der Waals surface area contributed by atoms with Crippen molar-refractivity contribution >= 4 is 63.0 Å². The first kappa shape index (κ1) is 23.8. The number of nitrogens with one attached hydrogen (secondary N) is 1. The molecule has 2 aliphatic heterocycles. The second-order valence-corrected chi connectivity index (χ2v) is 10.9. The van der Waals surface area contributed by atoms with Crippen LogP contribution in [0, 0.1) is 13.8 Å². The van der Waals surface area contributed by atoms with Crippen LogP contribution in [-0.4, -0.2) is 39.5 Å². The zero-order valence-corrected chi connectivity index (χ0v) is 21.4. The Morgan fingerprint density at radius 2 is 1.77 bits per heavy atom. The zero-order chi connectivity index (χ0) is 24.7. The van der Waals surface area contributed by atoms with Gasteiger partial charge >= 0.3 is 0 Å². The molecule has 6 nitrogen and oxygen atoms in total. The number of hydrogen-bond acceptors (Lipinski definition) is 5. The Kier molecular flexibility index (Phi) is 6.51. The second kappa shape index (κ2) is 9.59. The smallest absolute Gasteiger partial charge is 0.267 e. The molecule has 180 valence electrons. The molecule has 0 bridgehead atoms. The fourth-order valence-corrected chi connectivity index (χ4v) is 6.48. The maximum absolute atomic E-state index is 13.6. The number of fused-ring (bicyclic) bond motifs is 1. The Morgan fingerprint density at radius 3 is 2.51 bits per heavy atom. The van der Waals surface area contributed by atoms with E-state index in [0.29, 0.717) is 31.7 Å². The third-order valence-corrected chi connectivity index (χ3v) is 8.38. The summed E-state index contributed by atoms with van der Waals surface area (Å²) in [6.45, 7) is 3.86. The van der Waals surface area contributed by atoms with E-state index < -0.39 is 0 Å². The van der Waals surface area contributed by atoms with Gasteiger partial charge in [-0.25, -0.2) is 0 Å². The SMILES string of the molecule is Cc1ccc(NC(=O)CN2C(=O)C(=C3SC(=S)N(C4CCCCC4)C3=O)c3ccccc32)cc1C. The number of rotatable bonds is 4. The molecule has 0 spiro atoms. The van der Waals surface area contributed by atoms with Gasteiger partial charge in [-0.05, 0) is 56.0 Å². The van der Waals surface area contributed by atoms with Crippen molar-refractivity contribution in [2.75, 3.05) is 16.8 Å². The first-order valence-corrected chi connectivity index (χ1v) is 13.2. The lowest BCUT2D eigenvalue weighted by atomic mass is 9.94. The highest BCUT2D eigenvalue weighted by molar-refractivity contribution is 8.26. The number of aryl methyl sites for hydroxylation is 2. The summed E-state index contributed by atoms with van der Waals surface area (Å²) in [7, 11) is 0. The van der Waals surface area contributed by atoms with Crippen molar-refractivity contribution in [3.63, 3.8) is 0 Å². The van der Waals surface area contributed by atoms with Crippen LogP contribution >= 0.6 is 24.0 Å². The largest absolute Gasteiger partial charge is 0.325 e. The molecule has 35 heavy (non-hydrogen) atoms. The summed E-state index contributed by atoms with van der Waals surface area (Å²) in [4.78, 5) is 43.6. The first-order valence-electron chi connectivity index (χ1n) is 11.9. The molecule has 1 aliphatic carbocycles. The fourth-order valence-electron chi connectivity index (χ4n) is 5.00. The summed E-state index contributed by atoms with van der Waals surface area (Å²) >= 11 is 6.79. The number of anilines is 2. The second-order valence-electron chi connectivity index (χ2n) is 9.29. The van der Waals surface area contributed by atoms with Crippen molar-refractivity contribution in [1.29, 1.82) is 0 Å². The van der Waals surface area contributed by atoms with Crippen LogP contribution in [-0.2, 0) is 14.4 Å². The number of para-hydroxylation sites is 1. The molecule has 1 N–H and O–H groups in total. The van der Waals surface area contributed by atoms with Crippen LogP contribution in [0.15, 0.2) is 47.4 Å². The summed E-state index contributed by atoms with van der Waals surface area (Å²) < 4.78 is 0.514. The molecule has 2 fully saturated rings. The van der Waals surface area contributed by atoms with E-state index in [9.17, 15) is 14.4 Å². The van der Waals surface area contributed by atoms with E-state index in [1.54, 1.807) is 4.90 Å². The summed E-state index contributed by atoms with van der Waals surface area (Å²) in [5, 5.41) is 2.89. The van der Waals surface area contributed by atoms with Crippen LogP contribution in [0.3, 0.4) is 0 Å². The molecule has 0 atom stereocenters. The highest BCUT2D eigenvalue weighted by Gasteiger charge is 2.44. The van der Waals surface area contributed by atoms with E-state index in [-0.39, 0.29) is 30.3 Å². The number of thiocarbonyl (C=S) groups is 1. The predicted molar refractivity (Wildman–Crippen MR) is 144 cm³/mol. The molecule has 0 aromatic heterocycles. The lowest BCUT2D eigenvalue weighted by Crippen LogP contribution is -2.40. The van der Waals surface area contributed by atoms with E-state index in [4.69, 9.17) is 12.2 Å². The maximum atomic E-state index is 13.6. The number of benzene rings is 2. The van der Waals surface area contributed by atoms with Crippen LogP contribution in [0.25, 0.3) is 5.57 Å². The molecule has 2 aromatic carbocycles. The van der Waals surface area contributed by atoms with Gasteiger partial charge in [-0.2, -0.15) is 0 Å². The third-order valence-electron chi connectivity index (χ3n) is 6.98. The van der Waals surface area contributed by atoms with Gasteiger partial charge in [0.25, 0.3) is 11.8 Å². The molecule has 3 amide bonds. The monoisotopic (exact) mass is 505 g/mol. The van der Waals surface area contributed by atoms with Crippen molar-refractivity contribution in [2.45, 2.75) is 52.0 Å². The Balaban J connectivity index is 1.43. The Bertz CT molecular complexity index is 1280. The lowest BCUT2D eigenvalue weighted by Gasteiger charge is -2.29. The normalized spacial score (nSPS) is 20.6. The number of nitrogens with zero attached hydrogens (tertiary/aromatic N) is 2. The number of carbonyl (C=O) groups is 3. The van der Waals surface area contributed by atoms with E-state index in [0.717, 1.165) is 36.8 Å². The minimum atomic E-state index is -0.342. The Labute approximate surface area is 214 Å². The van der Waals surface area contributed by atoms with Gasteiger partial charge in [0, 0.05) is 17.3 Å². The van der Waals surface area contributed by atoms with E-state index in [1.807, 2.05) is 56.3 Å². The molecule has 2 heterocycles. The molecule has 0 unspecified atom stereocenters. The molecule has 3 aliphatic rings. The van der Waals surface area contributed by atoms with E-state index in [1.165, 1.54) is 23.1 Å². The molecular formula is C27H27N3O3S2. The van der Waals surface area contributed by atoms with Gasteiger partial charge in [0.05, 0.1) is 16.2 Å². The Hall–Kier alpha value is -2.97. The van der Waals surface area contributed by atoms with E-state index >= 15 is 0 Å². The van der Waals surface area contributed by atoms with Crippen LogP contribution < -0.4 is 10.2 Å². The van der Waals surface area contributed by atoms with Crippen LogP contribution in [0.4, 0.5) is 11.4 Å². The standard InChI is InChI=1S/C27H27N3O3S2/c1-16-12-13-18(14-17(16)2)28-22(31)15-29-21-11-7-6-10-20(21)23(25(29)32)24-26(33)30(27(34)35-24)19-8-4-3-5-9-19/h6-7,10-14,19H,3-5,8-9,15H2,1-2H3,(H,28,31). The number of carbonyl (C=O) groups excluding carboxylic acids is 3. The highest BCUT2D eigenvalue weighted by atomic mass is 32.2. The van der Waals surface area contributed by atoms with Crippen molar-refractivity contribution in [3.8, 4) is 0 Å². The highest BCUT2D eigenvalue weighted by Crippen LogP contribution is 2.45. The predicted octanol–water partition coefficient (Wildman–Crippen LogP) is 5.19. The molecule has 1 saturated carbocycles. The summed E-state index contributed by atoms with van der Waals surface area (Å²) in [5.74, 6) is -0.829. The minimum Gasteiger partial charge on any atom is -0.325 e. The summed E-state index contributed by atoms with van der Waals surface area (Å²) in [6, 6.07) is 13.1. The van der Waals surface area contributed by atoms with Crippen LogP contribution in [0.2, 0.25) is 0 Å². The van der Waals surface area contributed by atoms with Gasteiger partial charge in [0.2, 0.25) is 5.91 Å². The van der Waals surface area contributed by atoms with Gasteiger partial charge in [-0.1, -0.05) is 67.5 Å². The molecule has 8 heteroatoms. The van der Waals surface area contributed by atoms with Gasteiger partial charge < -0.3 is 5.32 Å². The van der Waals surface area contributed by atoms with Crippen molar-refractivity contribution < 1.29 is 14.4 Å². The topological polar surface area (TPSA) is 69.7 Å². The van der Waals surface area contributed by atoms with E-state index in [2.05, 4.69) is 5.32 Å². The Morgan fingerprint density at radius 1 is 1.03 bits per heavy atom. The average molecular weight is 506 g/mol. The number of amides is 3. The molecule has 2 aromatic rings. The minimum absolute atomic E-state index is 0.0981. The third kappa shape index (κ3) is 4.41. The van der Waals surface area contributed by atoms with Gasteiger partial charge in [0.15, 0.2) is 0 Å². The molecule has 1 saturated heterocycles. The van der Waals surface area contributed by atoms with Crippen LogP contribution in [0.5, 0.6) is 0 Å². The van der Waals surface area contributed by atoms with Crippen molar-refractivity contribution in [3.05, 3.63) is 64.1 Å².